The third-order valence-electron chi connectivity index (χ3n) is 5.63. The number of methoxy groups -OCH3 is 1. The second-order valence-electron chi connectivity index (χ2n) is 7.72. The van der Waals surface area contributed by atoms with Crippen LogP contribution in [0.4, 0.5) is 17.1 Å². The third kappa shape index (κ3) is 4.27. The summed E-state index contributed by atoms with van der Waals surface area (Å²) in [6, 6.07) is 13.4. The number of amides is 2. The Kier molecular flexibility index (Phi) is 6.07. The van der Waals surface area contributed by atoms with Gasteiger partial charge in [-0.05, 0) is 43.2 Å². The minimum Gasteiger partial charge on any atom is -0.465 e. The topological polar surface area (TPSA) is 117 Å². The lowest BCUT2D eigenvalue weighted by Gasteiger charge is -2.22. The second kappa shape index (κ2) is 9.09. The zero-order valence-corrected chi connectivity index (χ0v) is 17.8. The van der Waals surface area contributed by atoms with Crippen molar-refractivity contribution in [2.24, 2.45) is 10.8 Å². The lowest BCUT2D eigenvalue weighted by atomic mass is 10.1. The van der Waals surface area contributed by atoms with Crippen LogP contribution in [0.15, 0.2) is 53.6 Å². The number of carbonyl (C=O) groups excluding carboxylic acids is 3. The highest BCUT2D eigenvalue weighted by Crippen LogP contribution is 2.31. The number of primary amides is 1. The highest BCUT2D eigenvalue weighted by Gasteiger charge is 2.35. The molecule has 2 aromatic carbocycles. The van der Waals surface area contributed by atoms with E-state index in [1.807, 2.05) is 24.3 Å². The van der Waals surface area contributed by atoms with Crippen molar-refractivity contribution >= 4 is 40.6 Å². The molecule has 166 valence electrons. The summed E-state index contributed by atoms with van der Waals surface area (Å²) in [7, 11) is 1.31. The van der Waals surface area contributed by atoms with Crippen molar-refractivity contribution in [3.8, 4) is 0 Å². The Morgan fingerprint density at radius 1 is 1.09 bits per heavy atom. The summed E-state index contributed by atoms with van der Waals surface area (Å²) in [6.07, 6.45) is 2.21. The van der Waals surface area contributed by atoms with Crippen LogP contribution in [0.25, 0.3) is 0 Å². The van der Waals surface area contributed by atoms with Gasteiger partial charge in [0.1, 0.15) is 11.8 Å². The normalized spacial score (nSPS) is 17.8. The summed E-state index contributed by atoms with van der Waals surface area (Å²) in [5.41, 5.74) is 8.09. The van der Waals surface area contributed by atoms with E-state index in [1.165, 1.54) is 12.1 Å². The number of ether oxygens (including phenoxy) is 1. The number of hydrogen-bond acceptors (Lipinski definition) is 7. The van der Waals surface area contributed by atoms with E-state index in [0.717, 1.165) is 31.6 Å². The fourth-order valence-corrected chi connectivity index (χ4v) is 4.00. The summed E-state index contributed by atoms with van der Waals surface area (Å²) in [5, 5.41) is 8.75. The Labute approximate surface area is 185 Å². The number of nitrogens with zero attached hydrogens (tertiary/aromatic N) is 3. The van der Waals surface area contributed by atoms with E-state index in [0.29, 0.717) is 16.9 Å². The molecular weight excluding hydrogens is 410 g/mol. The van der Waals surface area contributed by atoms with Crippen LogP contribution in [-0.2, 0) is 14.3 Å². The van der Waals surface area contributed by atoms with Crippen LogP contribution in [0.3, 0.4) is 0 Å². The minimum absolute atomic E-state index is 0.0891. The van der Waals surface area contributed by atoms with Crippen molar-refractivity contribution in [3.05, 3.63) is 54.1 Å². The van der Waals surface area contributed by atoms with Crippen LogP contribution in [0, 0.1) is 0 Å². The van der Waals surface area contributed by atoms with E-state index in [4.69, 9.17) is 10.5 Å². The fraction of sp³-hybridized carbons (Fsp3) is 0.304. The molecule has 2 aliphatic rings. The average Bonchev–Trinajstić information content (AvgIpc) is 3.49. The monoisotopic (exact) mass is 435 g/mol. The number of benzene rings is 2. The summed E-state index contributed by atoms with van der Waals surface area (Å²) < 4.78 is 4.82. The zero-order valence-electron chi connectivity index (χ0n) is 17.8. The molecule has 0 aliphatic carbocycles. The molecule has 3 N–H and O–H groups in total. The van der Waals surface area contributed by atoms with Gasteiger partial charge in [0.25, 0.3) is 5.91 Å². The van der Waals surface area contributed by atoms with E-state index in [9.17, 15) is 14.4 Å². The number of para-hydroxylation sites is 1. The number of hydrazone groups is 1. The molecule has 0 spiro atoms. The van der Waals surface area contributed by atoms with E-state index >= 15 is 0 Å². The van der Waals surface area contributed by atoms with Crippen molar-refractivity contribution < 1.29 is 19.1 Å². The number of nitrogens with one attached hydrogen (secondary N) is 1. The van der Waals surface area contributed by atoms with Crippen molar-refractivity contribution in [1.29, 1.82) is 0 Å². The number of esters is 1. The third-order valence-corrected chi connectivity index (χ3v) is 5.63. The van der Waals surface area contributed by atoms with E-state index in [2.05, 4.69) is 15.3 Å². The molecule has 0 saturated carbocycles. The largest absolute Gasteiger partial charge is 0.465 e. The van der Waals surface area contributed by atoms with Gasteiger partial charge < -0.3 is 20.7 Å². The van der Waals surface area contributed by atoms with Crippen molar-refractivity contribution in [3.63, 3.8) is 0 Å². The number of anilines is 3. The maximum Gasteiger partial charge on any atom is 0.337 e. The number of hydrogen-bond donors (Lipinski definition) is 2. The first kappa shape index (κ1) is 21.4. The second-order valence-corrected chi connectivity index (χ2v) is 7.72. The van der Waals surface area contributed by atoms with Crippen LogP contribution < -0.4 is 21.0 Å². The molecule has 2 amide bonds. The summed E-state index contributed by atoms with van der Waals surface area (Å²) in [4.78, 5) is 39.3. The van der Waals surface area contributed by atoms with E-state index in [-0.39, 0.29) is 12.1 Å². The van der Waals surface area contributed by atoms with E-state index < -0.39 is 23.8 Å². The molecule has 0 bridgehead atoms. The molecule has 1 fully saturated rings. The molecule has 1 unspecified atom stereocenters. The van der Waals surface area contributed by atoms with Crippen LogP contribution in [0.2, 0.25) is 0 Å². The zero-order chi connectivity index (χ0) is 22.7. The highest BCUT2D eigenvalue weighted by molar-refractivity contribution is 6.44. The highest BCUT2D eigenvalue weighted by atomic mass is 16.5. The number of nitrogens with two attached hydrogens (primary N) is 1. The molecular formula is C23H25N5O4. The summed E-state index contributed by atoms with van der Waals surface area (Å²) in [5.74, 6) is -1.50. The summed E-state index contributed by atoms with van der Waals surface area (Å²) >= 11 is 0. The lowest BCUT2D eigenvalue weighted by Crippen LogP contribution is -2.39. The SMILES string of the molecule is COC(=O)c1ccc(N2CCCC2)c(NC(=O)C2=NN(c3ccccc3)C(C(N)=O)C2)c1. The smallest absolute Gasteiger partial charge is 0.337 e. The Morgan fingerprint density at radius 3 is 2.47 bits per heavy atom. The van der Waals surface area contributed by atoms with Gasteiger partial charge >= 0.3 is 5.97 Å². The van der Waals surface area contributed by atoms with Crippen LogP contribution in [0.1, 0.15) is 29.6 Å². The minimum atomic E-state index is -0.752. The molecule has 1 atom stereocenters. The van der Waals surface area contributed by atoms with Gasteiger partial charge in [-0.25, -0.2) is 4.79 Å². The summed E-state index contributed by atoms with van der Waals surface area (Å²) in [6.45, 7) is 1.74. The molecule has 2 aliphatic heterocycles. The quantitative estimate of drug-likeness (QED) is 0.672. The Hall–Kier alpha value is -3.88. The standard InChI is InChI=1S/C23H25N5O4/c1-32-23(31)15-9-10-19(27-11-5-6-12-27)17(13-15)25-22(30)18-14-20(21(24)29)28(26-18)16-7-3-2-4-8-16/h2-4,7-10,13,20H,5-6,11-12,14H2,1H3,(H2,24,29)(H,25,30). The van der Waals surface area contributed by atoms with Crippen molar-refractivity contribution in [2.45, 2.75) is 25.3 Å². The molecule has 1 saturated heterocycles. The molecule has 0 aromatic heterocycles. The van der Waals surface area contributed by atoms with Gasteiger partial charge in [-0.2, -0.15) is 5.10 Å². The van der Waals surface area contributed by atoms with Gasteiger partial charge in [0, 0.05) is 19.5 Å². The molecule has 9 heteroatoms. The first-order valence-electron chi connectivity index (χ1n) is 10.5. The van der Waals surface area contributed by atoms with Crippen molar-refractivity contribution in [2.75, 3.05) is 35.4 Å². The van der Waals surface area contributed by atoms with Gasteiger partial charge in [0.05, 0.1) is 29.7 Å². The van der Waals surface area contributed by atoms with Gasteiger partial charge in [-0.1, -0.05) is 18.2 Å². The van der Waals surface area contributed by atoms with Gasteiger partial charge in [0.15, 0.2) is 0 Å². The van der Waals surface area contributed by atoms with Gasteiger partial charge in [0.2, 0.25) is 5.91 Å². The first-order valence-corrected chi connectivity index (χ1v) is 10.5. The Bertz CT molecular complexity index is 1060. The van der Waals surface area contributed by atoms with Gasteiger partial charge in [-0.3, -0.25) is 14.6 Å². The molecule has 2 heterocycles. The predicted molar refractivity (Wildman–Crippen MR) is 122 cm³/mol. The fourth-order valence-electron chi connectivity index (χ4n) is 4.00. The molecule has 4 rings (SSSR count). The Morgan fingerprint density at radius 2 is 1.81 bits per heavy atom. The van der Waals surface area contributed by atoms with Crippen LogP contribution in [0.5, 0.6) is 0 Å². The molecule has 9 nitrogen and oxygen atoms in total. The maximum atomic E-state index is 13.1. The Balaban J connectivity index is 1.62. The maximum absolute atomic E-state index is 13.1. The molecule has 32 heavy (non-hydrogen) atoms. The van der Waals surface area contributed by atoms with E-state index in [1.54, 1.807) is 24.3 Å². The molecule has 0 radical (unpaired) electrons. The van der Waals surface area contributed by atoms with Crippen LogP contribution in [-0.4, -0.2) is 49.7 Å². The molecule has 2 aromatic rings. The van der Waals surface area contributed by atoms with Gasteiger partial charge in [-0.15, -0.1) is 0 Å². The van der Waals surface area contributed by atoms with Crippen LogP contribution >= 0.6 is 0 Å². The lowest BCUT2D eigenvalue weighted by molar-refractivity contribution is -0.119. The number of carbonyl (C=O) groups is 3. The van der Waals surface area contributed by atoms with Crippen molar-refractivity contribution in [1.82, 2.24) is 0 Å². The predicted octanol–water partition coefficient (Wildman–Crippen LogP) is 2.13. The first-order chi connectivity index (χ1) is 15.5. The number of rotatable bonds is 6. The average molecular weight is 435 g/mol.